The zero-order chi connectivity index (χ0) is 22.0. The Balaban J connectivity index is 1.26. The molecule has 2 saturated heterocycles. The van der Waals surface area contributed by atoms with E-state index in [1.807, 2.05) is 0 Å². The molecule has 0 unspecified atom stereocenters. The van der Waals surface area contributed by atoms with Crippen LogP contribution in [0.5, 0.6) is 0 Å². The van der Waals surface area contributed by atoms with E-state index in [2.05, 4.69) is 78.8 Å². The quantitative estimate of drug-likeness (QED) is 0.819. The van der Waals surface area contributed by atoms with E-state index in [4.69, 9.17) is 0 Å². The molecule has 2 fully saturated rings. The maximum atomic E-state index is 13.0. The lowest BCUT2D eigenvalue weighted by Gasteiger charge is -2.38. The Hall–Kier alpha value is -2.53. The zero-order valence-electron chi connectivity index (χ0n) is 19.6. The molecule has 1 amide bonds. The monoisotopic (exact) mass is 421 g/mol. The summed E-state index contributed by atoms with van der Waals surface area (Å²) in [7, 11) is 0. The van der Waals surface area contributed by atoms with Crippen LogP contribution in [0.4, 0.5) is 11.4 Å². The van der Waals surface area contributed by atoms with Crippen LogP contribution in [0, 0.1) is 27.7 Å². The van der Waals surface area contributed by atoms with Gasteiger partial charge in [-0.05, 0) is 62.1 Å². The second-order valence-corrected chi connectivity index (χ2v) is 9.22. The second kappa shape index (κ2) is 9.31. The van der Waals surface area contributed by atoms with Crippen molar-refractivity contribution in [3.05, 3.63) is 58.7 Å². The fourth-order valence-electron chi connectivity index (χ4n) is 4.92. The number of carbonyl (C=O) groups is 1. The average Bonchev–Trinajstić information content (AvgIpc) is 2.78. The molecule has 31 heavy (non-hydrogen) atoms. The van der Waals surface area contributed by atoms with Crippen molar-refractivity contribution in [3.8, 4) is 0 Å². The van der Waals surface area contributed by atoms with E-state index in [9.17, 15) is 4.79 Å². The molecule has 2 heterocycles. The van der Waals surface area contributed by atoms with Crippen LogP contribution in [0.25, 0.3) is 0 Å². The Morgan fingerprint density at radius 2 is 1.23 bits per heavy atom. The molecular formula is C26H37N4O+. The van der Waals surface area contributed by atoms with E-state index in [1.54, 1.807) is 0 Å². The number of hydrogen-bond donors (Lipinski definition) is 1. The number of piperazine rings is 2. The maximum Gasteiger partial charge on any atom is 0.277 e. The van der Waals surface area contributed by atoms with Gasteiger partial charge < -0.3 is 19.6 Å². The lowest BCUT2D eigenvalue weighted by Crippen LogP contribution is -3.16. The smallest absolute Gasteiger partial charge is 0.277 e. The summed E-state index contributed by atoms with van der Waals surface area (Å²) >= 11 is 0. The van der Waals surface area contributed by atoms with Crippen LogP contribution < -0.4 is 14.7 Å². The summed E-state index contributed by atoms with van der Waals surface area (Å²) in [5, 5.41) is 0. The minimum absolute atomic E-state index is 0.316. The average molecular weight is 422 g/mol. The number of carbonyl (C=O) groups excluding carboxylic acids is 1. The van der Waals surface area contributed by atoms with Crippen molar-refractivity contribution in [3.63, 3.8) is 0 Å². The predicted molar refractivity (Wildman–Crippen MR) is 128 cm³/mol. The molecule has 0 atom stereocenters. The summed E-state index contributed by atoms with van der Waals surface area (Å²) in [6.45, 7) is 17.0. The number of nitrogens with zero attached hydrogens (tertiary/aromatic N) is 3. The van der Waals surface area contributed by atoms with Crippen molar-refractivity contribution < 1.29 is 9.69 Å². The van der Waals surface area contributed by atoms with E-state index in [0.717, 1.165) is 52.4 Å². The molecule has 5 heteroatoms. The predicted octanol–water partition coefficient (Wildman–Crippen LogP) is 1.97. The fourth-order valence-corrected chi connectivity index (χ4v) is 4.92. The highest BCUT2D eigenvalue weighted by atomic mass is 16.2. The van der Waals surface area contributed by atoms with Crippen LogP contribution in [-0.4, -0.2) is 69.7 Å². The molecule has 0 saturated carbocycles. The van der Waals surface area contributed by atoms with Crippen LogP contribution in [0.1, 0.15) is 22.3 Å². The van der Waals surface area contributed by atoms with Gasteiger partial charge in [0.05, 0.1) is 26.2 Å². The lowest BCUT2D eigenvalue weighted by atomic mass is 10.1. The van der Waals surface area contributed by atoms with Crippen molar-refractivity contribution >= 4 is 17.3 Å². The van der Waals surface area contributed by atoms with Crippen LogP contribution in [0.15, 0.2) is 36.4 Å². The first-order valence-electron chi connectivity index (χ1n) is 11.7. The van der Waals surface area contributed by atoms with Gasteiger partial charge in [0, 0.05) is 37.6 Å². The highest BCUT2D eigenvalue weighted by Gasteiger charge is 2.28. The molecule has 2 aromatic carbocycles. The molecule has 0 aliphatic carbocycles. The molecule has 0 spiro atoms. The van der Waals surface area contributed by atoms with Gasteiger partial charge in [-0.15, -0.1) is 0 Å². The van der Waals surface area contributed by atoms with Gasteiger partial charge in [-0.2, -0.15) is 0 Å². The molecule has 1 N–H and O–H groups in total. The van der Waals surface area contributed by atoms with Gasteiger partial charge in [0.25, 0.3) is 5.91 Å². The van der Waals surface area contributed by atoms with E-state index < -0.39 is 0 Å². The number of anilines is 2. The SMILES string of the molecule is Cc1cccc(N2CCN(C(=O)C[NH+]3CCN(c4cccc(C)c4C)CC3)CC2)c1C. The Bertz CT molecular complexity index is 925. The van der Waals surface area contributed by atoms with Crippen LogP contribution in [-0.2, 0) is 4.79 Å². The molecule has 4 rings (SSSR count). The molecule has 0 aromatic heterocycles. The zero-order valence-corrected chi connectivity index (χ0v) is 19.6. The van der Waals surface area contributed by atoms with Crippen LogP contribution in [0.3, 0.4) is 0 Å². The standard InChI is InChI=1S/C26H36N4O/c1-20-7-5-9-24(22(20)3)28-13-11-27(12-14-28)19-26(31)30-17-15-29(16-18-30)25-10-6-8-21(2)23(25)4/h5-10H,11-19H2,1-4H3/p+1. The third-order valence-corrected chi connectivity index (χ3v) is 7.34. The van der Waals surface area contributed by atoms with E-state index in [1.165, 1.54) is 38.5 Å². The number of aryl methyl sites for hydroxylation is 2. The molecule has 0 bridgehead atoms. The van der Waals surface area contributed by atoms with E-state index in [-0.39, 0.29) is 0 Å². The third kappa shape index (κ3) is 4.72. The van der Waals surface area contributed by atoms with Crippen LogP contribution >= 0.6 is 0 Å². The Kier molecular flexibility index (Phi) is 6.51. The fraction of sp³-hybridized carbons (Fsp3) is 0.500. The summed E-state index contributed by atoms with van der Waals surface area (Å²) in [6, 6.07) is 13.1. The summed E-state index contributed by atoms with van der Waals surface area (Å²) < 4.78 is 0. The Morgan fingerprint density at radius 1 is 0.742 bits per heavy atom. The van der Waals surface area contributed by atoms with E-state index in [0.29, 0.717) is 12.5 Å². The summed E-state index contributed by atoms with van der Waals surface area (Å²) in [5.74, 6) is 0.316. The molecule has 5 nitrogen and oxygen atoms in total. The number of rotatable bonds is 4. The number of hydrogen-bond acceptors (Lipinski definition) is 3. The van der Waals surface area contributed by atoms with Gasteiger partial charge in [-0.3, -0.25) is 4.79 Å². The number of benzene rings is 2. The first-order chi connectivity index (χ1) is 14.9. The Morgan fingerprint density at radius 3 is 1.74 bits per heavy atom. The molecule has 166 valence electrons. The lowest BCUT2D eigenvalue weighted by molar-refractivity contribution is -0.892. The van der Waals surface area contributed by atoms with Crippen molar-refractivity contribution in [1.82, 2.24) is 4.90 Å². The normalized spacial score (nSPS) is 17.9. The van der Waals surface area contributed by atoms with Crippen LogP contribution in [0.2, 0.25) is 0 Å². The summed E-state index contributed by atoms with van der Waals surface area (Å²) in [4.78, 5) is 21.4. The Labute approximate surface area is 187 Å². The first-order valence-corrected chi connectivity index (χ1v) is 11.7. The van der Waals surface area contributed by atoms with Crippen molar-refractivity contribution in [2.45, 2.75) is 27.7 Å². The molecule has 2 aromatic rings. The summed E-state index contributed by atoms with van der Waals surface area (Å²) in [6.07, 6.45) is 0. The van der Waals surface area contributed by atoms with Gasteiger partial charge in [0.15, 0.2) is 6.54 Å². The first kappa shape index (κ1) is 21.7. The van der Waals surface area contributed by atoms with Crippen molar-refractivity contribution in [2.75, 3.05) is 68.7 Å². The van der Waals surface area contributed by atoms with Crippen molar-refractivity contribution in [2.24, 2.45) is 0 Å². The highest BCUT2D eigenvalue weighted by Crippen LogP contribution is 2.24. The minimum Gasteiger partial charge on any atom is -0.368 e. The third-order valence-electron chi connectivity index (χ3n) is 7.34. The number of quaternary nitrogens is 1. The molecule has 2 aliphatic rings. The minimum atomic E-state index is 0.316. The number of nitrogens with one attached hydrogen (secondary N) is 1. The van der Waals surface area contributed by atoms with Gasteiger partial charge in [-0.25, -0.2) is 0 Å². The molecular weight excluding hydrogens is 384 g/mol. The molecule has 2 aliphatic heterocycles. The topological polar surface area (TPSA) is 31.2 Å². The largest absolute Gasteiger partial charge is 0.368 e. The maximum absolute atomic E-state index is 13.0. The van der Waals surface area contributed by atoms with Gasteiger partial charge in [-0.1, -0.05) is 24.3 Å². The van der Waals surface area contributed by atoms with Gasteiger partial charge >= 0.3 is 0 Å². The highest BCUT2D eigenvalue weighted by molar-refractivity contribution is 5.77. The second-order valence-electron chi connectivity index (χ2n) is 9.22. The van der Waals surface area contributed by atoms with Gasteiger partial charge in [0.2, 0.25) is 0 Å². The number of amides is 1. The van der Waals surface area contributed by atoms with E-state index >= 15 is 0 Å². The summed E-state index contributed by atoms with van der Waals surface area (Å²) in [5.41, 5.74) is 8.09. The van der Waals surface area contributed by atoms with Crippen molar-refractivity contribution in [1.29, 1.82) is 0 Å². The van der Waals surface area contributed by atoms with Gasteiger partial charge in [0.1, 0.15) is 0 Å². The molecule has 0 radical (unpaired) electrons.